The first-order valence-electron chi connectivity index (χ1n) is 14.0. The minimum atomic E-state index is -0.293. The zero-order valence-electron chi connectivity index (χ0n) is 23.3. The van der Waals surface area contributed by atoms with Crippen LogP contribution in [0.2, 0.25) is 0 Å². The van der Waals surface area contributed by atoms with E-state index in [2.05, 4.69) is 25.2 Å². The van der Waals surface area contributed by atoms with E-state index in [1.165, 1.54) is 0 Å². The molecule has 0 bridgehead atoms. The van der Waals surface area contributed by atoms with Crippen molar-refractivity contribution in [1.29, 1.82) is 0 Å². The molecular formula is C30H32N8O4. The van der Waals surface area contributed by atoms with Crippen LogP contribution < -0.4 is 19.7 Å². The number of piperazine rings is 1. The summed E-state index contributed by atoms with van der Waals surface area (Å²) in [5.41, 5.74) is 2.37. The first kappa shape index (κ1) is 27.2. The highest BCUT2D eigenvalue weighted by molar-refractivity contribution is 5.94. The van der Waals surface area contributed by atoms with E-state index < -0.39 is 0 Å². The number of imidazole rings is 1. The number of benzene rings is 1. The Labute approximate surface area is 243 Å². The van der Waals surface area contributed by atoms with Gasteiger partial charge in [-0.1, -0.05) is 6.07 Å². The Morgan fingerprint density at radius 3 is 2.71 bits per heavy atom. The number of amides is 2. The second kappa shape index (κ2) is 12.2. The maximum absolute atomic E-state index is 13.3. The number of nitrogens with zero attached hydrogens (tertiary/aromatic N) is 7. The van der Waals surface area contributed by atoms with Crippen molar-refractivity contribution < 1.29 is 19.1 Å². The number of aromatic nitrogens is 5. The molecule has 0 radical (unpaired) electrons. The van der Waals surface area contributed by atoms with Gasteiger partial charge in [-0.15, -0.1) is 0 Å². The van der Waals surface area contributed by atoms with Crippen molar-refractivity contribution >= 4 is 17.6 Å². The standard InChI is InChI=1S/C30H32N8O4/c1-21-15-27(35-30(34-21)37-10-9-32-20-37)38-12-11-36(29(40)23-3-2-7-31-18-23)19-24(38)17-28(39)33-8-6-22-4-5-25-26(16-22)42-14-13-41-25/h2-5,7,9-10,15-16,18,20,24H,6,8,11-14,17,19H2,1H3,(H,33,39). The Balaban J connectivity index is 1.17. The lowest BCUT2D eigenvalue weighted by molar-refractivity contribution is -0.121. The SMILES string of the molecule is Cc1cc(N2CCN(C(=O)c3cccnc3)CC2CC(=O)NCCc2ccc3c(c2)OCCO3)nc(-n2ccnc2)n1. The minimum absolute atomic E-state index is 0.0983. The Bertz CT molecular complexity index is 1550. The summed E-state index contributed by atoms with van der Waals surface area (Å²) >= 11 is 0. The molecule has 1 fully saturated rings. The average molecular weight is 569 g/mol. The van der Waals surface area contributed by atoms with Gasteiger partial charge in [-0.3, -0.25) is 19.1 Å². The summed E-state index contributed by atoms with van der Waals surface area (Å²) in [5, 5.41) is 3.06. The third-order valence-corrected chi connectivity index (χ3v) is 7.30. The van der Waals surface area contributed by atoms with Gasteiger partial charge in [0.25, 0.3) is 5.91 Å². The fourth-order valence-electron chi connectivity index (χ4n) is 5.24. The lowest BCUT2D eigenvalue weighted by Gasteiger charge is -2.42. The fourth-order valence-corrected chi connectivity index (χ4v) is 5.24. The van der Waals surface area contributed by atoms with Crippen molar-refractivity contribution in [3.05, 3.63) is 84.3 Å². The maximum Gasteiger partial charge on any atom is 0.255 e. The van der Waals surface area contributed by atoms with Crippen LogP contribution in [0.5, 0.6) is 11.5 Å². The number of ether oxygens (including phenoxy) is 2. The predicted molar refractivity (Wildman–Crippen MR) is 154 cm³/mol. The largest absolute Gasteiger partial charge is 0.486 e. The van der Waals surface area contributed by atoms with Crippen molar-refractivity contribution in [3.63, 3.8) is 0 Å². The van der Waals surface area contributed by atoms with Gasteiger partial charge in [-0.05, 0) is 43.2 Å². The molecule has 2 amide bonds. The Kier molecular flexibility index (Phi) is 7.93. The molecule has 216 valence electrons. The second-order valence-electron chi connectivity index (χ2n) is 10.3. The van der Waals surface area contributed by atoms with E-state index in [1.807, 2.05) is 31.2 Å². The summed E-state index contributed by atoms with van der Waals surface area (Å²) in [7, 11) is 0. The van der Waals surface area contributed by atoms with E-state index in [9.17, 15) is 9.59 Å². The molecule has 2 aliphatic rings. The van der Waals surface area contributed by atoms with Crippen LogP contribution in [0.3, 0.4) is 0 Å². The summed E-state index contributed by atoms with van der Waals surface area (Å²) in [6.45, 7) is 4.83. The molecule has 0 spiro atoms. The molecular weight excluding hydrogens is 536 g/mol. The molecule has 1 N–H and O–H groups in total. The number of carbonyl (C=O) groups excluding carboxylic acids is 2. The average Bonchev–Trinajstić information content (AvgIpc) is 3.56. The Morgan fingerprint density at radius 1 is 1.02 bits per heavy atom. The first-order valence-corrected chi connectivity index (χ1v) is 14.0. The normalized spacial score (nSPS) is 16.3. The number of hydrogen-bond acceptors (Lipinski definition) is 9. The summed E-state index contributed by atoms with van der Waals surface area (Å²) in [6.07, 6.45) is 9.17. The predicted octanol–water partition coefficient (Wildman–Crippen LogP) is 2.22. The van der Waals surface area contributed by atoms with E-state index in [0.29, 0.717) is 63.1 Å². The molecule has 1 aromatic carbocycles. The highest BCUT2D eigenvalue weighted by atomic mass is 16.6. The van der Waals surface area contributed by atoms with Gasteiger partial charge in [0, 0.05) is 69.1 Å². The van der Waals surface area contributed by atoms with Crippen molar-refractivity contribution in [2.75, 3.05) is 44.3 Å². The van der Waals surface area contributed by atoms with Crippen molar-refractivity contribution in [3.8, 4) is 17.4 Å². The van der Waals surface area contributed by atoms with Crippen LogP contribution in [-0.4, -0.2) is 86.7 Å². The summed E-state index contributed by atoms with van der Waals surface area (Å²) < 4.78 is 13.0. The molecule has 0 saturated carbocycles. The monoisotopic (exact) mass is 568 g/mol. The molecule has 5 heterocycles. The van der Waals surface area contributed by atoms with Gasteiger partial charge in [-0.2, -0.15) is 4.98 Å². The zero-order chi connectivity index (χ0) is 28.9. The number of aryl methyl sites for hydroxylation is 1. The molecule has 4 aromatic rings. The van der Waals surface area contributed by atoms with E-state index >= 15 is 0 Å². The number of anilines is 1. The third-order valence-electron chi connectivity index (χ3n) is 7.30. The van der Waals surface area contributed by atoms with Gasteiger partial charge in [0.1, 0.15) is 25.4 Å². The highest BCUT2D eigenvalue weighted by Gasteiger charge is 2.33. The van der Waals surface area contributed by atoms with Gasteiger partial charge in [0.15, 0.2) is 11.5 Å². The molecule has 2 aliphatic heterocycles. The molecule has 6 rings (SSSR count). The highest BCUT2D eigenvalue weighted by Crippen LogP contribution is 2.31. The topological polar surface area (TPSA) is 128 Å². The number of nitrogens with one attached hydrogen (secondary N) is 1. The fraction of sp³-hybridized carbons (Fsp3) is 0.333. The lowest BCUT2D eigenvalue weighted by atomic mass is 10.1. The first-order chi connectivity index (χ1) is 20.5. The quantitative estimate of drug-likeness (QED) is 0.340. The molecule has 0 aliphatic carbocycles. The van der Waals surface area contributed by atoms with Gasteiger partial charge < -0.3 is 24.6 Å². The second-order valence-corrected chi connectivity index (χ2v) is 10.3. The Hall–Kier alpha value is -5.00. The van der Waals surface area contributed by atoms with Gasteiger partial charge in [0.2, 0.25) is 11.9 Å². The summed E-state index contributed by atoms with van der Waals surface area (Å²) in [4.78, 5) is 48.0. The van der Waals surface area contributed by atoms with Crippen LogP contribution in [0.15, 0.2) is 67.5 Å². The van der Waals surface area contributed by atoms with Crippen molar-refractivity contribution in [1.82, 2.24) is 34.7 Å². The lowest BCUT2D eigenvalue weighted by Crippen LogP contribution is -2.56. The molecule has 12 heteroatoms. The molecule has 3 aromatic heterocycles. The third kappa shape index (κ3) is 6.17. The number of pyridine rings is 1. The van der Waals surface area contributed by atoms with E-state index in [4.69, 9.17) is 14.5 Å². The summed E-state index contributed by atoms with van der Waals surface area (Å²) in [6, 6.07) is 11.0. The van der Waals surface area contributed by atoms with Crippen LogP contribution in [-0.2, 0) is 11.2 Å². The zero-order valence-corrected chi connectivity index (χ0v) is 23.3. The van der Waals surface area contributed by atoms with Crippen LogP contribution in [0.1, 0.15) is 28.0 Å². The van der Waals surface area contributed by atoms with Gasteiger partial charge in [-0.25, -0.2) is 9.97 Å². The smallest absolute Gasteiger partial charge is 0.255 e. The van der Waals surface area contributed by atoms with Crippen molar-refractivity contribution in [2.24, 2.45) is 0 Å². The number of hydrogen-bond donors (Lipinski definition) is 1. The number of carbonyl (C=O) groups is 2. The van der Waals surface area contributed by atoms with Gasteiger partial charge in [0.05, 0.1) is 11.6 Å². The van der Waals surface area contributed by atoms with E-state index in [0.717, 1.165) is 22.8 Å². The molecule has 12 nitrogen and oxygen atoms in total. The van der Waals surface area contributed by atoms with Crippen LogP contribution in [0.4, 0.5) is 5.82 Å². The van der Waals surface area contributed by atoms with Crippen LogP contribution in [0.25, 0.3) is 5.95 Å². The van der Waals surface area contributed by atoms with Crippen LogP contribution in [0, 0.1) is 6.92 Å². The van der Waals surface area contributed by atoms with E-state index in [-0.39, 0.29) is 24.3 Å². The van der Waals surface area contributed by atoms with Crippen LogP contribution >= 0.6 is 0 Å². The number of rotatable bonds is 8. The summed E-state index contributed by atoms with van der Waals surface area (Å²) in [5.74, 6) is 2.47. The minimum Gasteiger partial charge on any atom is -0.486 e. The van der Waals surface area contributed by atoms with Gasteiger partial charge >= 0.3 is 0 Å². The Morgan fingerprint density at radius 2 is 1.90 bits per heavy atom. The molecule has 1 saturated heterocycles. The molecule has 42 heavy (non-hydrogen) atoms. The number of fused-ring (bicyclic) bond motifs is 1. The van der Waals surface area contributed by atoms with E-state index in [1.54, 1.807) is 52.7 Å². The van der Waals surface area contributed by atoms with Crippen molar-refractivity contribution in [2.45, 2.75) is 25.8 Å². The molecule has 1 atom stereocenters. The molecule has 1 unspecified atom stereocenters. The maximum atomic E-state index is 13.3.